The molecular weight excluding hydrogens is 320 g/mol. The lowest BCUT2D eigenvalue weighted by Gasteiger charge is -2.37. The molecule has 25 heavy (non-hydrogen) atoms. The molecule has 1 amide bonds. The van der Waals surface area contributed by atoms with Crippen molar-refractivity contribution in [3.63, 3.8) is 0 Å². The van der Waals surface area contributed by atoms with E-state index in [0.717, 1.165) is 83.5 Å². The Hall–Kier alpha value is -1.51. The van der Waals surface area contributed by atoms with Crippen molar-refractivity contribution in [2.75, 3.05) is 52.5 Å². The average molecular weight is 348 g/mol. The molecule has 0 spiro atoms. The number of amides is 1. The molecule has 3 aliphatic heterocycles. The third kappa shape index (κ3) is 3.56. The number of aromatic nitrogens is 3. The standard InChI is InChI=1S/C17H28N6O2/c1-21-15(12-22-5-7-25-8-6-22)19-20-16(21)13-3-2-4-23(11-13)17(24)14-9-18-10-14/h13-14,18H,2-12H2,1H3. The maximum atomic E-state index is 12.5. The Labute approximate surface area is 148 Å². The molecule has 3 aliphatic rings. The van der Waals surface area contributed by atoms with E-state index in [9.17, 15) is 4.79 Å². The van der Waals surface area contributed by atoms with Gasteiger partial charge < -0.3 is 19.5 Å². The molecule has 3 saturated heterocycles. The van der Waals surface area contributed by atoms with Crippen molar-refractivity contribution in [1.82, 2.24) is 29.9 Å². The highest BCUT2D eigenvalue weighted by Gasteiger charge is 2.34. The van der Waals surface area contributed by atoms with Crippen molar-refractivity contribution in [3.8, 4) is 0 Å². The first-order valence-electron chi connectivity index (χ1n) is 9.40. The van der Waals surface area contributed by atoms with Gasteiger partial charge in [-0.25, -0.2) is 0 Å². The van der Waals surface area contributed by atoms with Crippen LogP contribution in [0.1, 0.15) is 30.4 Å². The number of ether oxygens (including phenoxy) is 1. The number of nitrogens with one attached hydrogen (secondary N) is 1. The summed E-state index contributed by atoms with van der Waals surface area (Å²) in [5.41, 5.74) is 0. The van der Waals surface area contributed by atoms with Crippen LogP contribution in [0.3, 0.4) is 0 Å². The Morgan fingerprint density at radius 1 is 1.24 bits per heavy atom. The molecule has 0 radical (unpaired) electrons. The number of hydrogen-bond donors (Lipinski definition) is 1. The van der Waals surface area contributed by atoms with Crippen LogP contribution in [-0.2, 0) is 23.1 Å². The summed E-state index contributed by atoms with van der Waals surface area (Å²) < 4.78 is 7.55. The number of piperidine rings is 1. The molecule has 0 bridgehead atoms. The molecule has 1 aromatic heterocycles. The number of likely N-dealkylation sites (tertiary alicyclic amines) is 1. The van der Waals surface area contributed by atoms with Gasteiger partial charge in [0.25, 0.3) is 0 Å². The van der Waals surface area contributed by atoms with E-state index in [1.54, 1.807) is 0 Å². The fourth-order valence-electron chi connectivity index (χ4n) is 3.94. The van der Waals surface area contributed by atoms with Crippen LogP contribution in [0.25, 0.3) is 0 Å². The molecule has 1 atom stereocenters. The Morgan fingerprint density at radius 3 is 2.76 bits per heavy atom. The smallest absolute Gasteiger partial charge is 0.228 e. The summed E-state index contributed by atoms with van der Waals surface area (Å²) in [5, 5.41) is 12.1. The van der Waals surface area contributed by atoms with Crippen LogP contribution < -0.4 is 5.32 Å². The molecule has 1 aromatic rings. The zero-order valence-corrected chi connectivity index (χ0v) is 15.0. The molecular formula is C17H28N6O2. The van der Waals surface area contributed by atoms with E-state index in [1.807, 2.05) is 4.90 Å². The predicted octanol–water partition coefficient (Wildman–Crippen LogP) is -0.427. The zero-order valence-electron chi connectivity index (χ0n) is 15.0. The van der Waals surface area contributed by atoms with Gasteiger partial charge in [0.05, 0.1) is 25.7 Å². The SMILES string of the molecule is Cn1c(CN2CCOCC2)nnc1C1CCCN(C(=O)C2CNC2)C1. The van der Waals surface area contributed by atoms with E-state index < -0.39 is 0 Å². The van der Waals surface area contributed by atoms with Crippen LogP contribution in [-0.4, -0.2) is 83.0 Å². The number of rotatable bonds is 4. The van der Waals surface area contributed by atoms with Crippen LogP contribution in [0.4, 0.5) is 0 Å². The molecule has 138 valence electrons. The first-order valence-corrected chi connectivity index (χ1v) is 9.40. The summed E-state index contributed by atoms with van der Waals surface area (Å²) in [6.07, 6.45) is 2.12. The van der Waals surface area contributed by atoms with Crippen molar-refractivity contribution in [1.29, 1.82) is 0 Å². The highest BCUT2D eigenvalue weighted by atomic mass is 16.5. The lowest BCUT2D eigenvalue weighted by atomic mass is 9.94. The summed E-state index contributed by atoms with van der Waals surface area (Å²) in [6.45, 7) is 7.61. The molecule has 4 heterocycles. The number of nitrogens with zero attached hydrogens (tertiary/aromatic N) is 5. The molecule has 1 unspecified atom stereocenters. The van der Waals surface area contributed by atoms with E-state index in [4.69, 9.17) is 4.74 Å². The van der Waals surface area contributed by atoms with Gasteiger partial charge in [-0.15, -0.1) is 10.2 Å². The molecule has 4 rings (SSSR count). The fraction of sp³-hybridized carbons (Fsp3) is 0.824. The van der Waals surface area contributed by atoms with E-state index in [1.165, 1.54) is 0 Å². The maximum absolute atomic E-state index is 12.5. The topological polar surface area (TPSA) is 75.5 Å². The summed E-state index contributed by atoms with van der Waals surface area (Å²) in [6, 6.07) is 0. The Morgan fingerprint density at radius 2 is 2.04 bits per heavy atom. The van der Waals surface area contributed by atoms with Gasteiger partial charge in [0.15, 0.2) is 0 Å². The van der Waals surface area contributed by atoms with Crippen LogP contribution in [0.5, 0.6) is 0 Å². The Bertz CT molecular complexity index is 608. The van der Waals surface area contributed by atoms with Crippen molar-refractivity contribution in [2.45, 2.75) is 25.3 Å². The molecule has 1 N–H and O–H groups in total. The van der Waals surface area contributed by atoms with Gasteiger partial charge in [-0.2, -0.15) is 0 Å². The zero-order chi connectivity index (χ0) is 17.2. The average Bonchev–Trinajstić information content (AvgIpc) is 2.95. The minimum absolute atomic E-state index is 0.176. The molecule has 8 nitrogen and oxygen atoms in total. The van der Waals surface area contributed by atoms with E-state index >= 15 is 0 Å². The number of carbonyl (C=O) groups excluding carboxylic acids is 1. The second kappa shape index (κ2) is 7.39. The molecule has 3 fully saturated rings. The van der Waals surface area contributed by atoms with Crippen molar-refractivity contribution in [3.05, 3.63) is 11.6 Å². The van der Waals surface area contributed by atoms with Crippen LogP contribution >= 0.6 is 0 Å². The van der Waals surface area contributed by atoms with Crippen molar-refractivity contribution < 1.29 is 9.53 Å². The normalized spacial score (nSPS) is 25.8. The lowest BCUT2D eigenvalue weighted by Crippen LogP contribution is -2.53. The Balaban J connectivity index is 1.41. The summed E-state index contributed by atoms with van der Waals surface area (Å²) in [4.78, 5) is 16.9. The van der Waals surface area contributed by atoms with Gasteiger partial charge in [-0.05, 0) is 12.8 Å². The second-order valence-corrected chi connectivity index (χ2v) is 7.40. The quantitative estimate of drug-likeness (QED) is 0.796. The minimum atomic E-state index is 0.176. The van der Waals surface area contributed by atoms with Gasteiger partial charge >= 0.3 is 0 Å². The largest absolute Gasteiger partial charge is 0.379 e. The van der Waals surface area contributed by atoms with Gasteiger partial charge in [0.1, 0.15) is 11.6 Å². The Kier molecular flexibility index (Phi) is 5.00. The summed E-state index contributed by atoms with van der Waals surface area (Å²) in [7, 11) is 2.06. The number of carbonyl (C=O) groups is 1. The van der Waals surface area contributed by atoms with E-state index in [2.05, 4.69) is 32.0 Å². The number of hydrogen-bond acceptors (Lipinski definition) is 6. The first kappa shape index (κ1) is 16.9. The minimum Gasteiger partial charge on any atom is -0.379 e. The third-order valence-electron chi connectivity index (χ3n) is 5.70. The van der Waals surface area contributed by atoms with E-state index in [0.29, 0.717) is 11.8 Å². The molecule has 0 aromatic carbocycles. The summed E-state index contributed by atoms with van der Waals surface area (Å²) >= 11 is 0. The predicted molar refractivity (Wildman–Crippen MR) is 92.0 cm³/mol. The first-order chi connectivity index (χ1) is 12.2. The lowest BCUT2D eigenvalue weighted by molar-refractivity contribution is -0.138. The van der Waals surface area contributed by atoms with Gasteiger partial charge in [-0.1, -0.05) is 0 Å². The van der Waals surface area contributed by atoms with Crippen molar-refractivity contribution >= 4 is 5.91 Å². The maximum Gasteiger partial charge on any atom is 0.228 e. The summed E-state index contributed by atoms with van der Waals surface area (Å²) in [5.74, 6) is 2.80. The van der Waals surface area contributed by atoms with Crippen LogP contribution in [0.2, 0.25) is 0 Å². The third-order valence-corrected chi connectivity index (χ3v) is 5.70. The van der Waals surface area contributed by atoms with Crippen LogP contribution in [0, 0.1) is 5.92 Å². The van der Waals surface area contributed by atoms with Crippen LogP contribution in [0.15, 0.2) is 0 Å². The van der Waals surface area contributed by atoms with Gasteiger partial charge in [0.2, 0.25) is 5.91 Å². The van der Waals surface area contributed by atoms with E-state index in [-0.39, 0.29) is 5.92 Å². The number of morpholine rings is 1. The van der Waals surface area contributed by atoms with Crippen molar-refractivity contribution in [2.24, 2.45) is 13.0 Å². The van der Waals surface area contributed by atoms with Gasteiger partial charge in [-0.3, -0.25) is 9.69 Å². The fourth-order valence-corrected chi connectivity index (χ4v) is 3.94. The molecule has 0 aliphatic carbocycles. The monoisotopic (exact) mass is 348 g/mol. The highest BCUT2D eigenvalue weighted by Crippen LogP contribution is 2.27. The molecule has 0 saturated carbocycles. The van der Waals surface area contributed by atoms with Gasteiger partial charge in [0, 0.05) is 52.2 Å². The highest BCUT2D eigenvalue weighted by molar-refractivity contribution is 5.80. The second-order valence-electron chi connectivity index (χ2n) is 7.40. The molecule has 8 heteroatoms.